The average Bonchev–Trinajstić information content (AvgIpc) is 3.20. The molecule has 0 aliphatic carbocycles. The molecular weight excluding hydrogens is 454 g/mol. The van der Waals surface area contributed by atoms with Gasteiger partial charge in [-0.3, -0.25) is 0 Å². The first-order valence-electron chi connectivity index (χ1n) is 9.94. The first-order valence-corrected chi connectivity index (χ1v) is 11.8. The van der Waals surface area contributed by atoms with Gasteiger partial charge in [0.15, 0.2) is 0 Å². The highest BCUT2D eigenvalue weighted by atomic mass is 35.5. The van der Waals surface area contributed by atoms with E-state index in [9.17, 15) is 13.2 Å². The number of aryl methyl sites for hydroxylation is 1. The van der Waals surface area contributed by atoms with Crippen molar-refractivity contribution < 1.29 is 17.6 Å². The van der Waals surface area contributed by atoms with Crippen LogP contribution in [0.15, 0.2) is 50.5 Å². The SMILES string of the molecule is Cc1cccc(C(C)C(NS(=O)(=O)c2ccc(Cl)c3c2OCC=C3)c2n[nH]c(=O)o2)c1C. The van der Waals surface area contributed by atoms with Crippen molar-refractivity contribution in [2.24, 2.45) is 0 Å². The molecule has 1 aliphatic rings. The molecule has 0 bridgehead atoms. The van der Waals surface area contributed by atoms with Crippen molar-refractivity contribution >= 4 is 27.7 Å². The van der Waals surface area contributed by atoms with Crippen molar-refractivity contribution in [2.75, 3.05) is 6.61 Å². The molecule has 3 aromatic rings. The second-order valence-electron chi connectivity index (χ2n) is 7.63. The summed E-state index contributed by atoms with van der Waals surface area (Å²) in [5, 5.41) is 6.49. The zero-order valence-corrected chi connectivity index (χ0v) is 19.3. The number of nitrogens with zero attached hydrogens (tertiary/aromatic N) is 1. The predicted molar refractivity (Wildman–Crippen MR) is 120 cm³/mol. The molecule has 0 saturated carbocycles. The van der Waals surface area contributed by atoms with E-state index in [1.807, 2.05) is 39.0 Å². The number of nitrogens with one attached hydrogen (secondary N) is 2. The number of ether oxygens (including phenoxy) is 1. The van der Waals surface area contributed by atoms with Crippen molar-refractivity contribution in [3.05, 3.63) is 80.1 Å². The monoisotopic (exact) mass is 475 g/mol. The molecule has 0 amide bonds. The third-order valence-corrected chi connectivity index (χ3v) is 7.44. The Kier molecular flexibility index (Phi) is 5.98. The van der Waals surface area contributed by atoms with Crippen molar-refractivity contribution in [3.8, 4) is 5.75 Å². The highest BCUT2D eigenvalue weighted by Crippen LogP contribution is 2.38. The molecule has 0 radical (unpaired) electrons. The molecule has 2 atom stereocenters. The Hall–Kier alpha value is -2.88. The number of rotatable bonds is 6. The van der Waals surface area contributed by atoms with Crippen LogP contribution in [0.1, 0.15) is 47.0 Å². The van der Waals surface area contributed by atoms with Gasteiger partial charge in [-0.15, -0.1) is 5.10 Å². The number of benzene rings is 2. The maximum atomic E-state index is 13.5. The van der Waals surface area contributed by atoms with Crippen LogP contribution in [-0.2, 0) is 10.0 Å². The van der Waals surface area contributed by atoms with Gasteiger partial charge in [-0.2, -0.15) is 4.72 Å². The summed E-state index contributed by atoms with van der Waals surface area (Å²) in [6.45, 7) is 6.01. The third kappa shape index (κ3) is 4.11. The number of H-pyrrole nitrogens is 1. The fourth-order valence-electron chi connectivity index (χ4n) is 3.79. The van der Waals surface area contributed by atoms with Crippen LogP contribution in [-0.4, -0.2) is 25.2 Å². The first kappa shape index (κ1) is 22.3. The number of hydrogen-bond donors (Lipinski definition) is 2. The van der Waals surface area contributed by atoms with E-state index in [-0.39, 0.29) is 23.1 Å². The standard InChI is InChI=1S/C22H22ClN3O5S/c1-12-6-4-7-15(13(12)2)14(3)19(21-24-25-22(27)31-21)26-32(28,29)18-10-9-17(23)16-8-5-11-30-20(16)18/h4-10,14,19,26H,11H2,1-3H3,(H,25,27). The molecule has 8 nitrogen and oxygen atoms in total. The van der Waals surface area contributed by atoms with Crippen molar-refractivity contribution in [1.29, 1.82) is 0 Å². The first-order chi connectivity index (χ1) is 15.2. The Balaban J connectivity index is 1.79. The van der Waals surface area contributed by atoms with Crippen LogP contribution in [0, 0.1) is 13.8 Å². The van der Waals surface area contributed by atoms with E-state index in [0.717, 1.165) is 16.7 Å². The average molecular weight is 476 g/mol. The Bertz CT molecular complexity index is 1360. The van der Waals surface area contributed by atoms with Gasteiger partial charge in [-0.25, -0.2) is 18.3 Å². The Labute approximate surface area is 190 Å². The molecule has 0 saturated heterocycles. The number of halogens is 1. The zero-order chi connectivity index (χ0) is 23.0. The Morgan fingerprint density at radius 3 is 2.72 bits per heavy atom. The number of aromatic amines is 1. The minimum atomic E-state index is -4.12. The van der Waals surface area contributed by atoms with Gasteiger partial charge in [0.2, 0.25) is 15.9 Å². The van der Waals surface area contributed by atoms with E-state index in [0.29, 0.717) is 10.6 Å². The van der Waals surface area contributed by atoms with E-state index in [1.165, 1.54) is 12.1 Å². The number of fused-ring (bicyclic) bond motifs is 1. The topological polar surface area (TPSA) is 114 Å². The van der Waals surface area contributed by atoms with Gasteiger partial charge in [0, 0.05) is 11.5 Å². The summed E-state index contributed by atoms with van der Waals surface area (Å²) in [6.07, 6.45) is 3.48. The molecule has 32 heavy (non-hydrogen) atoms. The minimum absolute atomic E-state index is 0.0581. The highest BCUT2D eigenvalue weighted by molar-refractivity contribution is 7.89. The zero-order valence-electron chi connectivity index (χ0n) is 17.7. The summed E-state index contributed by atoms with van der Waals surface area (Å²) in [4.78, 5) is 11.6. The molecule has 2 unspecified atom stereocenters. The molecule has 1 aromatic heterocycles. The number of sulfonamides is 1. The summed E-state index contributed by atoms with van der Waals surface area (Å²) in [5.74, 6) is -1.06. The molecule has 1 aliphatic heterocycles. The lowest BCUT2D eigenvalue weighted by molar-refractivity contribution is 0.347. The van der Waals surface area contributed by atoms with Crippen LogP contribution in [0.3, 0.4) is 0 Å². The van der Waals surface area contributed by atoms with E-state index in [1.54, 1.807) is 12.2 Å². The highest BCUT2D eigenvalue weighted by Gasteiger charge is 2.34. The smallest absolute Gasteiger partial charge is 0.434 e. The number of hydrogen-bond acceptors (Lipinski definition) is 6. The molecular formula is C22H22ClN3O5S. The van der Waals surface area contributed by atoms with Gasteiger partial charge >= 0.3 is 5.76 Å². The normalized spacial score (nSPS) is 15.1. The molecule has 2 aromatic carbocycles. The fraction of sp³-hybridized carbons (Fsp3) is 0.273. The van der Waals surface area contributed by atoms with Gasteiger partial charge in [-0.1, -0.05) is 42.8 Å². The van der Waals surface area contributed by atoms with Crippen LogP contribution in [0.25, 0.3) is 6.08 Å². The minimum Gasteiger partial charge on any atom is -0.487 e. The maximum absolute atomic E-state index is 13.5. The molecule has 0 spiro atoms. The van der Waals surface area contributed by atoms with Gasteiger partial charge < -0.3 is 9.15 Å². The summed E-state index contributed by atoms with van der Waals surface area (Å²) in [5.41, 5.74) is 3.47. The van der Waals surface area contributed by atoms with Crippen molar-refractivity contribution in [3.63, 3.8) is 0 Å². The van der Waals surface area contributed by atoms with Crippen molar-refractivity contribution in [1.82, 2.24) is 14.9 Å². The largest absolute Gasteiger partial charge is 0.487 e. The summed E-state index contributed by atoms with van der Waals surface area (Å²) >= 11 is 6.22. The second-order valence-corrected chi connectivity index (χ2v) is 9.72. The van der Waals surface area contributed by atoms with Gasteiger partial charge in [0.05, 0.1) is 5.02 Å². The summed E-state index contributed by atoms with van der Waals surface area (Å²) in [6, 6.07) is 7.73. The lowest BCUT2D eigenvalue weighted by atomic mass is 9.88. The quantitative estimate of drug-likeness (QED) is 0.559. The summed E-state index contributed by atoms with van der Waals surface area (Å²) in [7, 11) is -4.12. The van der Waals surface area contributed by atoms with E-state index in [2.05, 4.69) is 14.9 Å². The third-order valence-electron chi connectivity index (χ3n) is 5.64. The van der Waals surface area contributed by atoms with Crippen LogP contribution in [0.5, 0.6) is 5.75 Å². The molecule has 10 heteroatoms. The second kappa shape index (κ2) is 8.57. The van der Waals surface area contributed by atoms with Crippen LogP contribution < -0.4 is 15.2 Å². The Morgan fingerprint density at radius 1 is 1.22 bits per heavy atom. The molecule has 168 valence electrons. The summed E-state index contributed by atoms with van der Waals surface area (Å²) < 4.78 is 40.4. The van der Waals surface area contributed by atoms with Gasteiger partial charge in [0.25, 0.3) is 0 Å². The van der Waals surface area contributed by atoms with E-state index >= 15 is 0 Å². The fourth-order valence-corrected chi connectivity index (χ4v) is 5.42. The van der Waals surface area contributed by atoms with Gasteiger partial charge in [-0.05, 0) is 48.7 Å². The van der Waals surface area contributed by atoms with E-state index < -0.39 is 27.7 Å². The maximum Gasteiger partial charge on any atom is 0.434 e. The Morgan fingerprint density at radius 2 is 2.00 bits per heavy atom. The van der Waals surface area contributed by atoms with E-state index in [4.69, 9.17) is 20.8 Å². The lowest BCUT2D eigenvalue weighted by Crippen LogP contribution is -2.33. The van der Waals surface area contributed by atoms with Gasteiger partial charge in [0.1, 0.15) is 23.3 Å². The number of aromatic nitrogens is 2. The van der Waals surface area contributed by atoms with Crippen LogP contribution in [0.2, 0.25) is 5.02 Å². The van der Waals surface area contributed by atoms with Crippen molar-refractivity contribution in [2.45, 2.75) is 37.6 Å². The van der Waals surface area contributed by atoms with Crippen LogP contribution >= 0.6 is 11.6 Å². The predicted octanol–water partition coefficient (Wildman–Crippen LogP) is 3.86. The molecule has 2 N–H and O–H groups in total. The van der Waals surface area contributed by atoms with Crippen LogP contribution in [0.4, 0.5) is 0 Å². The molecule has 2 heterocycles. The molecule has 4 rings (SSSR count). The lowest BCUT2D eigenvalue weighted by Gasteiger charge is -2.25. The molecule has 0 fully saturated rings.